The molecule has 0 bridgehead atoms. The predicted octanol–water partition coefficient (Wildman–Crippen LogP) is 5.16. The Morgan fingerprint density at radius 1 is 1.22 bits per heavy atom. The lowest BCUT2D eigenvalue weighted by atomic mass is 10.0. The number of ketones is 1. The molecule has 0 radical (unpaired) electrons. The van der Waals surface area contributed by atoms with Gasteiger partial charge in [-0.25, -0.2) is 0 Å². The first kappa shape index (κ1) is 15.3. The monoisotopic (exact) mass is 288 g/mol. The lowest BCUT2D eigenvalue weighted by molar-refractivity contribution is 0.0976. The number of halogens is 2. The molecule has 0 aliphatic rings. The molecule has 4 heteroatoms. The van der Waals surface area contributed by atoms with Crippen molar-refractivity contribution in [3.05, 3.63) is 27.7 Å². The molecule has 2 nitrogen and oxygen atoms in total. The van der Waals surface area contributed by atoms with Gasteiger partial charge in [0.05, 0.1) is 17.2 Å². The van der Waals surface area contributed by atoms with E-state index in [0.29, 0.717) is 34.4 Å². The molecule has 18 heavy (non-hydrogen) atoms. The number of rotatable bonds is 7. The van der Waals surface area contributed by atoms with Gasteiger partial charge in [0.2, 0.25) is 0 Å². The highest BCUT2D eigenvalue weighted by atomic mass is 35.5. The first-order valence-electron chi connectivity index (χ1n) is 6.25. The van der Waals surface area contributed by atoms with Crippen molar-refractivity contribution in [2.45, 2.75) is 39.5 Å². The van der Waals surface area contributed by atoms with Crippen molar-refractivity contribution in [2.24, 2.45) is 0 Å². The van der Waals surface area contributed by atoms with Crippen LogP contribution in [0.2, 0.25) is 10.0 Å². The van der Waals surface area contributed by atoms with Gasteiger partial charge in [0, 0.05) is 11.4 Å². The Kier molecular flexibility index (Phi) is 6.51. The minimum absolute atomic E-state index is 0.0346. The van der Waals surface area contributed by atoms with Crippen LogP contribution in [0.1, 0.15) is 49.9 Å². The first-order chi connectivity index (χ1) is 8.60. The second kappa shape index (κ2) is 7.65. The summed E-state index contributed by atoms with van der Waals surface area (Å²) in [6.07, 6.45) is 3.19. The Morgan fingerprint density at radius 3 is 2.56 bits per heavy atom. The van der Waals surface area contributed by atoms with Crippen molar-refractivity contribution < 1.29 is 9.53 Å². The van der Waals surface area contributed by atoms with Gasteiger partial charge < -0.3 is 4.74 Å². The lowest BCUT2D eigenvalue weighted by Crippen LogP contribution is -2.05. The quantitative estimate of drug-likeness (QED) is 0.648. The van der Waals surface area contributed by atoms with Gasteiger partial charge in [0.1, 0.15) is 5.75 Å². The molecule has 0 aliphatic carbocycles. The van der Waals surface area contributed by atoms with Gasteiger partial charge in [-0.1, -0.05) is 43.5 Å². The van der Waals surface area contributed by atoms with Crippen LogP contribution in [0.15, 0.2) is 12.1 Å². The fraction of sp³-hybridized carbons (Fsp3) is 0.500. The van der Waals surface area contributed by atoms with Crippen LogP contribution in [-0.4, -0.2) is 12.4 Å². The number of Topliss-reactive ketones (excluding diaryl/α,β-unsaturated/α-hetero) is 1. The molecule has 1 aromatic rings. The van der Waals surface area contributed by atoms with Gasteiger partial charge in [-0.05, 0) is 25.0 Å². The second-order valence-corrected chi connectivity index (χ2v) is 4.98. The minimum Gasteiger partial charge on any atom is -0.491 e. The highest BCUT2D eigenvalue weighted by molar-refractivity contribution is 6.36. The summed E-state index contributed by atoms with van der Waals surface area (Å²) in [7, 11) is 0. The van der Waals surface area contributed by atoms with Crippen molar-refractivity contribution in [3.8, 4) is 5.75 Å². The van der Waals surface area contributed by atoms with E-state index in [0.717, 1.165) is 19.3 Å². The van der Waals surface area contributed by atoms with Crippen molar-refractivity contribution in [1.82, 2.24) is 0 Å². The Labute approximate surface area is 118 Å². The van der Waals surface area contributed by atoms with Gasteiger partial charge >= 0.3 is 0 Å². The number of ether oxygens (including phenoxy) is 1. The standard InChI is InChI=1S/C14H18Cl2O2/c1-3-5-6-13(17)11-8-10(15)9-12(16)14(11)18-7-4-2/h8-9H,3-7H2,1-2H3. The molecular formula is C14H18Cl2O2. The normalized spacial score (nSPS) is 10.4. The molecule has 1 rings (SSSR count). The van der Waals surface area contributed by atoms with E-state index in [9.17, 15) is 4.79 Å². The van der Waals surface area contributed by atoms with E-state index < -0.39 is 0 Å². The smallest absolute Gasteiger partial charge is 0.166 e. The molecule has 0 saturated carbocycles. The number of carbonyl (C=O) groups is 1. The van der Waals surface area contributed by atoms with E-state index in [-0.39, 0.29) is 5.78 Å². The summed E-state index contributed by atoms with van der Waals surface area (Å²) < 4.78 is 5.56. The predicted molar refractivity (Wildman–Crippen MR) is 76.1 cm³/mol. The summed E-state index contributed by atoms with van der Waals surface area (Å²) in [5.74, 6) is 0.497. The van der Waals surface area contributed by atoms with Gasteiger partial charge in [-0.2, -0.15) is 0 Å². The van der Waals surface area contributed by atoms with E-state index in [1.807, 2.05) is 13.8 Å². The van der Waals surface area contributed by atoms with Gasteiger partial charge in [-0.3, -0.25) is 4.79 Å². The zero-order valence-electron chi connectivity index (χ0n) is 10.8. The highest BCUT2D eigenvalue weighted by Crippen LogP contribution is 2.33. The molecule has 0 amide bonds. The second-order valence-electron chi connectivity index (χ2n) is 4.14. The van der Waals surface area contributed by atoms with Gasteiger partial charge in [0.15, 0.2) is 5.78 Å². The zero-order chi connectivity index (χ0) is 13.5. The molecule has 0 spiro atoms. The maximum atomic E-state index is 12.1. The number of hydrogen-bond acceptors (Lipinski definition) is 2. The van der Waals surface area contributed by atoms with Gasteiger partial charge in [-0.15, -0.1) is 0 Å². The lowest BCUT2D eigenvalue weighted by Gasteiger charge is -2.12. The van der Waals surface area contributed by atoms with E-state index in [4.69, 9.17) is 27.9 Å². The molecule has 0 atom stereocenters. The van der Waals surface area contributed by atoms with Crippen molar-refractivity contribution >= 4 is 29.0 Å². The summed E-state index contributed by atoms with van der Waals surface area (Å²) >= 11 is 12.0. The first-order valence-corrected chi connectivity index (χ1v) is 7.00. The topological polar surface area (TPSA) is 26.3 Å². The largest absolute Gasteiger partial charge is 0.491 e. The molecule has 0 saturated heterocycles. The molecule has 0 N–H and O–H groups in total. The Hall–Kier alpha value is -0.730. The summed E-state index contributed by atoms with van der Waals surface area (Å²) in [4.78, 5) is 12.1. The number of hydrogen-bond donors (Lipinski definition) is 0. The van der Waals surface area contributed by atoms with Crippen LogP contribution < -0.4 is 4.74 Å². The summed E-state index contributed by atoms with van der Waals surface area (Å²) in [6, 6.07) is 3.24. The number of carbonyl (C=O) groups excluding carboxylic acids is 1. The third-order valence-corrected chi connectivity index (χ3v) is 3.02. The fourth-order valence-electron chi connectivity index (χ4n) is 1.59. The minimum atomic E-state index is 0.0346. The van der Waals surface area contributed by atoms with Crippen LogP contribution in [0.25, 0.3) is 0 Å². The third-order valence-electron chi connectivity index (χ3n) is 2.52. The molecule has 0 unspecified atom stereocenters. The average Bonchev–Trinajstić information content (AvgIpc) is 2.34. The van der Waals surface area contributed by atoms with E-state index in [1.165, 1.54) is 0 Å². The number of benzene rings is 1. The van der Waals surface area contributed by atoms with Gasteiger partial charge in [0.25, 0.3) is 0 Å². The van der Waals surface area contributed by atoms with Crippen molar-refractivity contribution in [3.63, 3.8) is 0 Å². The molecule has 0 heterocycles. The Balaban J connectivity index is 3.02. The molecule has 0 fully saturated rings. The van der Waals surface area contributed by atoms with E-state index >= 15 is 0 Å². The zero-order valence-corrected chi connectivity index (χ0v) is 12.3. The SMILES string of the molecule is CCCCC(=O)c1cc(Cl)cc(Cl)c1OCCC. The highest BCUT2D eigenvalue weighted by Gasteiger charge is 2.16. The van der Waals surface area contributed by atoms with Crippen LogP contribution in [-0.2, 0) is 0 Å². The fourth-order valence-corrected chi connectivity index (χ4v) is 2.14. The molecule has 100 valence electrons. The van der Waals surface area contributed by atoms with Crippen molar-refractivity contribution in [1.29, 1.82) is 0 Å². The van der Waals surface area contributed by atoms with Crippen LogP contribution in [0.5, 0.6) is 5.75 Å². The van der Waals surface area contributed by atoms with Crippen LogP contribution in [0, 0.1) is 0 Å². The maximum absolute atomic E-state index is 12.1. The molecule has 1 aromatic carbocycles. The third kappa shape index (κ3) is 4.18. The van der Waals surface area contributed by atoms with Crippen molar-refractivity contribution in [2.75, 3.05) is 6.61 Å². The van der Waals surface area contributed by atoms with Crippen LogP contribution >= 0.6 is 23.2 Å². The molecular weight excluding hydrogens is 271 g/mol. The van der Waals surface area contributed by atoms with Crippen LogP contribution in [0.3, 0.4) is 0 Å². The van der Waals surface area contributed by atoms with E-state index in [2.05, 4.69) is 0 Å². The summed E-state index contributed by atoms with van der Waals surface area (Å²) in [6.45, 7) is 4.59. The number of unbranched alkanes of at least 4 members (excludes halogenated alkanes) is 1. The Morgan fingerprint density at radius 2 is 1.94 bits per heavy atom. The summed E-state index contributed by atoms with van der Waals surface area (Å²) in [5.41, 5.74) is 0.495. The summed E-state index contributed by atoms with van der Waals surface area (Å²) in [5, 5.41) is 0.861. The molecule has 0 aromatic heterocycles. The average molecular weight is 289 g/mol. The van der Waals surface area contributed by atoms with Crippen LogP contribution in [0.4, 0.5) is 0 Å². The molecule has 0 aliphatic heterocycles. The Bertz CT molecular complexity index is 417. The maximum Gasteiger partial charge on any atom is 0.166 e. The van der Waals surface area contributed by atoms with E-state index in [1.54, 1.807) is 12.1 Å².